The van der Waals surface area contributed by atoms with Crippen LogP contribution in [-0.2, 0) is 23.8 Å². The topological polar surface area (TPSA) is 61.8 Å². The van der Waals surface area contributed by atoms with E-state index < -0.39 is 11.9 Å². The van der Waals surface area contributed by atoms with Crippen molar-refractivity contribution in [3.05, 3.63) is 24.3 Å². The smallest absolute Gasteiger partial charge is 0.333 e. The number of ether oxygens (including phenoxy) is 3. The molecule has 0 rings (SSSR count). The maximum absolute atomic E-state index is 11.2. The quantitative estimate of drug-likeness (QED) is 0.499. The summed E-state index contributed by atoms with van der Waals surface area (Å²) < 4.78 is 15.4. The Bertz CT molecular complexity index is 359. The van der Waals surface area contributed by atoms with Gasteiger partial charge in [-0.05, 0) is 27.7 Å². The summed E-state index contributed by atoms with van der Waals surface area (Å²) in [6.45, 7) is 14.0. The fraction of sp³-hybridized carbons (Fsp3) is 0.571. The van der Waals surface area contributed by atoms with Crippen molar-refractivity contribution in [1.29, 1.82) is 0 Å². The third-order valence-electron chi connectivity index (χ3n) is 2.07. The van der Waals surface area contributed by atoms with E-state index in [0.717, 1.165) is 0 Å². The van der Waals surface area contributed by atoms with Crippen LogP contribution in [0.15, 0.2) is 24.3 Å². The summed E-state index contributed by atoms with van der Waals surface area (Å²) in [6.07, 6.45) is -0.669. The van der Waals surface area contributed by atoms with Crippen LogP contribution < -0.4 is 0 Å². The minimum atomic E-state index is -0.447. The SMILES string of the molecule is C=C(C)C(=O)OC[C@@H](C)OC[C@@H](C)OC(=O)C(=C)C. The van der Waals surface area contributed by atoms with Crippen LogP contribution in [0.2, 0.25) is 0 Å². The highest BCUT2D eigenvalue weighted by atomic mass is 16.6. The molecule has 5 nitrogen and oxygen atoms in total. The zero-order chi connectivity index (χ0) is 15.0. The van der Waals surface area contributed by atoms with E-state index in [1.165, 1.54) is 0 Å². The van der Waals surface area contributed by atoms with Crippen LogP contribution in [-0.4, -0.2) is 37.4 Å². The molecule has 0 spiro atoms. The van der Waals surface area contributed by atoms with Gasteiger partial charge in [-0.3, -0.25) is 0 Å². The van der Waals surface area contributed by atoms with Crippen LogP contribution in [0.1, 0.15) is 27.7 Å². The summed E-state index contributed by atoms with van der Waals surface area (Å²) in [5, 5.41) is 0. The Labute approximate surface area is 114 Å². The van der Waals surface area contributed by atoms with Crippen LogP contribution in [0.5, 0.6) is 0 Å². The summed E-state index contributed by atoms with van der Waals surface area (Å²) in [5.74, 6) is -0.894. The van der Waals surface area contributed by atoms with Crippen molar-refractivity contribution in [3.8, 4) is 0 Å². The third-order valence-corrected chi connectivity index (χ3v) is 2.07. The fourth-order valence-corrected chi connectivity index (χ4v) is 0.981. The van der Waals surface area contributed by atoms with Crippen LogP contribution in [0.25, 0.3) is 0 Å². The van der Waals surface area contributed by atoms with Crippen molar-refractivity contribution in [1.82, 2.24) is 0 Å². The lowest BCUT2D eigenvalue weighted by Gasteiger charge is -2.17. The molecule has 0 aromatic rings. The van der Waals surface area contributed by atoms with Crippen LogP contribution in [0.3, 0.4) is 0 Å². The van der Waals surface area contributed by atoms with E-state index in [-0.39, 0.29) is 25.4 Å². The highest BCUT2D eigenvalue weighted by Crippen LogP contribution is 2.02. The summed E-state index contributed by atoms with van der Waals surface area (Å²) in [7, 11) is 0. The largest absolute Gasteiger partial charge is 0.460 e. The van der Waals surface area contributed by atoms with Crippen molar-refractivity contribution in [2.45, 2.75) is 39.9 Å². The first-order chi connectivity index (χ1) is 8.73. The molecule has 0 fully saturated rings. The molecule has 0 aliphatic heterocycles. The summed E-state index contributed by atoms with van der Waals surface area (Å²) >= 11 is 0. The second-order valence-electron chi connectivity index (χ2n) is 4.52. The normalized spacial score (nSPS) is 13.3. The van der Waals surface area contributed by atoms with E-state index in [2.05, 4.69) is 13.2 Å². The molecular formula is C14H22O5. The molecule has 0 N–H and O–H groups in total. The Morgan fingerprint density at radius 1 is 0.947 bits per heavy atom. The van der Waals surface area contributed by atoms with Gasteiger partial charge in [-0.1, -0.05) is 13.2 Å². The molecule has 0 aromatic carbocycles. The Morgan fingerprint density at radius 3 is 1.95 bits per heavy atom. The fourth-order valence-electron chi connectivity index (χ4n) is 0.981. The van der Waals surface area contributed by atoms with Gasteiger partial charge in [-0.2, -0.15) is 0 Å². The van der Waals surface area contributed by atoms with Gasteiger partial charge in [0.15, 0.2) is 0 Å². The second-order valence-corrected chi connectivity index (χ2v) is 4.52. The molecule has 0 saturated carbocycles. The first-order valence-electron chi connectivity index (χ1n) is 6.04. The summed E-state index contributed by atoms with van der Waals surface area (Å²) in [6, 6.07) is 0. The average Bonchev–Trinajstić information content (AvgIpc) is 2.32. The Balaban J connectivity index is 3.87. The third kappa shape index (κ3) is 8.15. The van der Waals surface area contributed by atoms with Gasteiger partial charge in [0.25, 0.3) is 0 Å². The van der Waals surface area contributed by atoms with Gasteiger partial charge >= 0.3 is 11.9 Å². The molecule has 0 aliphatic rings. The van der Waals surface area contributed by atoms with E-state index in [1.54, 1.807) is 27.7 Å². The summed E-state index contributed by atoms with van der Waals surface area (Å²) in [5.41, 5.74) is 0.686. The van der Waals surface area contributed by atoms with Crippen LogP contribution in [0, 0.1) is 0 Å². The number of carbonyl (C=O) groups excluding carboxylic acids is 2. The lowest BCUT2D eigenvalue weighted by Crippen LogP contribution is -2.26. The minimum Gasteiger partial charge on any atom is -0.460 e. The maximum atomic E-state index is 11.2. The lowest BCUT2D eigenvalue weighted by molar-refractivity contribution is -0.149. The first-order valence-corrected chi connectivity index (χ1v) is 6.04. The molecule has 0 saturated heterocycles. The van der Waals surface area contributed by atoms with Crippen molar-refractivity contribution in [3.63, 3.8) is 0 Å². The number of hydrogen-bond donors (Lipinski definition) is 0. The highest BCUT2D eigenvalue weighted by Gasteiger charge is 2.13. The number of rotatable bonds is 8. The number of esters is 2. The Morgan fingerprint density at radius 2 is 1.47 bits per heavy atom. The zero-order valence-electron chi connectivity index (χ0n) is 12.0. The van der Waals surface area contributed by atoms with Gasteiger partial charge in [-0.25, -0.2) is 9.59 Å². The molecular weight excluding hydrogens is 248 g/mol. The molecule has 0 radical (unpaired) electrons. The summed E-state index contributed by atoms with van der Waals surface area (Å²) in [4.78, 5) is 22.4. The van der Waals surface area contributed by atoms with Crippen molar-refractivity contribution in [2.75, 3.05) is 13.2 Å². The zero-order valence-corrected chi connectivity index (χ0v) is 12.0. The molecule has 0 aliphatic carbocycles. The molecule has 0 amide bonds. The van der Waals surface area contributed by atoms with E-state index in [9.17, 15) is 9.59 Å². The molecule has 19 heavy (non-hydrogen) atoms. The maximum Gasteiger partial charge on any atom is 0.333 e. The lowest BCUT2D eigenvalue weighted by atomic mass is 10.3. The van der Waals surface area contributed by atoms with Crippen molar-refractivity contribution < 1.29 is 23.8 Å². The van der Waals surface area contributed by atoms with E-state index >= 15 is 0 Å². The Hall–Kier alpha value is -1.62. The van der Waals surface area contributed by atoms with Gasteiger partial charge in [0, 0.05) is 11.1 Å². The van der Waals surface area contributed by atoms with Gasteiger partial charge in [0.1, 0.15) is 12.7 Å². The predicted octanol–water partition coefficient (Wildman–Crippen LogP) is 2.02. The monoisotopic (exact) mass is 270 g/mol. The van der Waals surface area contributed by atoms with Crippen LogP contribution >= 0.6 is 0 Å². The average molecular weight is 270 g/mol. The van der Waals surface area contributed by atoms with Gasteiger partial charge < -0.3 is 14.2 Å². The molecule has 108 valence electrons. The number of carbonyl (C=O) groups is 2. The van der Waals surface area contributed by atoms with Crippen molar-refractivity contribution >= 4 is 11.9 Å². The predicted molar refractivity (Wildman–Crippen MR) is 71.6 cm³/mol. The van der Waals surface area contributed by atoms with E-state index in [0.29, 0.717) is 11.1 Å². The second kappa shape index (κ2) is 8.48. The molecule has 2 atom stereocenters. The number of hydrogen-bond acceptors (Lipinski definition) is 5. The molecule has 0 heterocycles. The standard InChI is InChI=1S/C14H22O5/c1-9(2)13(15)18-7-11(5)17-8-12(6)19-14(16)10(3)4/h11-12H,1,3,7-8H2,2,4-6H3/t11-,12-/m1/s1. The highest BCUT2D eigenvalue weighted by molar-refractivity contribution is 5.87. The minimum absolute atomic E-state index is 0.132. The molecule has 0 bridgehead atoms. The van der Waals surface area contributed by atoms with E-state index in [4.69, 9.17) is 14.2 Å². The van der Waals surface area contributed by atoms with Gasteiger partial charge in [0.2, 0.25) is 0 Å². The molecule has 0 aromatic heterocycles. The first kappa shape index (κ1) is 17.4. The van der Waals surface area contributed by atoms with Gasteiger partial charge in [0.05, 0.1) is 12.7 Å². The van der Waals surface area contributed by atoms with Crippen molar-refractivity contribution in [2.24, 2.45) is 0 Å². The van der Waals surface area contributed by atoms with Crippen LogP contribution in [0.4, 0.5) is 0 Å². The Kier molecular flexibility index (Phi) is 7.75. The molecule has 5 heteroatoms. The van der Waals surface area contributed by atoms with Gasteiger partial charge in [-0.15, -0.1) is 0 Å². The molecule has 0 unspecified atom stereocenters. The van der Waals surface area contributed by atoms with E-state index in [1.807, 2.05) is 0 Å².